The molecule has 106 valence electrons. The van der Waals surface area contributed by atoms with Crippen LogP contribution in [0.15, 0.2) is 0 Å². The van der Waals surface area contributed by atoms with Gasteiger partial charge in [0.15, 0.2) is 0 Å². The lowest BCUT2D eigenvalue weighted by Gasteiger charge is -2.24. The summed E-state index contributed by atoms with van der Waals surface area (Å²) in [6.07, 6.45) is 1.81. The van der Waals surface area contributed by atoms with Crippen molar-refractivity contribution in [1.29, 1.82) is 0 Å². The normalized spacial score (nSPS) is 33.7. The molecule has 0 radical (unpaired) electrons. The largest absolute Gasteiger partial charge is 0.444 e. The van der Waals surface area contributed by atoms with Crippen molar-refractivity contribution < 1.29 is 14.6 Å². The van der Waals surface area contributed by atoms with Crippen molar-refractivity contribution in [2.75, 3.05) is 0 Å². The first-order chi connectivity index (χ1) is 8.19. The van der Waals surface area contributed by atoms with Gasteiger partial charge in [-0.15, -0.1) is 0 Å². The van der Waals surface area contributed by atoms with E-state index >= 15 is 0 Å². The minimum absolute atomic E-state index is 0.0160. The van der Waals surface area contributed by atoms with Gasteiger partial charge in [0.2, 0.25) is 0 Å². The second-order valence-electron chi connectivity index (χ2n) is 6.56. The number of aliphatic hydroxyl groups is 1. The van der Waals surface area contributed by atoms with Crippen LogP contribution in [0.25, 0.3) is 0 Å². The number of alkyl carbamates (subject to hydrolysis) is 1. The molecule has 0 saturated heterocycles. The maximum atomic E-state index is 11.7. The van der Waals surface area contributed by atoms with E-state index in [2.05, 4.69) is 19.2 Å². The van der Waals surface area contributed by atoms with E-state index in [1.165, 1.54) is 0 Å². The zero-order chi connectivity index (χ0) is 13.9. The molecule has 2 N–H and O–H groups in total. The molecule has 1 saturated carbocycles. The summed E-state index contributed by atoms with van der Waals surface area (Å²) in [5.74, 6) is 0.779. The van der Waals surface area contributed by atoms with Crippen molar-refractivity contribution in [1.82, 2.24) is 5.32 Å². The number of amides is 1. The van der Waals surface area contributed by atoms with Crippen LogP contribution < -0.4 is 5.32 Å². The summed E-state index contributed by atoms with van der Waals surface area (Å²) in [7, 11) is 0. The third kappa shape index (κ3) is 4.84. The summed E-state index contributed by atoms with van der Waals surface area (Å²) in [6, 6.07) is 0.0160. The van der Waals surface area contributed by atoms with Crippen LogP contribution in [0.5, 0.6) is 0 Å². The van der Waals surface area contributed by atoms with Crippen LogP contribution >= 0.6 is 0 Å². The average Bonchev–Trinajstić information content (AvgIpc) is 2.30. The zero-order valence-corrected chi connectivity index (χ0v) is 12.2. The van der Waals surface area contributed by atoms with Gasteiger partial charge in [-0.3, -0.25) is 0 Å². The van der Waals surface area contributed by atoms with E-state index in [0.717, 1.165) is 12.8 Å². The second-order valence-corrected chi connectivity index (χ2v) is 6.56. The van der Waals surface area contributed by atoms with Crippen LogP contribution in [0.1, 0.15) is 53.9 Å². The van der Waals surface area contributed by atoms with E-state index in [1.54, 1.807) is 0 Å². The Balaban J connectivity index is 2.50. The third-order valence-corrected chi connectivity index (χ3v) is 3.72. The predicted molar refractivity (Wildman–Crippen MR) is 71.3 cm³/mol. The standard InChI is InChI=1S/C14H27NO3/c1-9-6-7-11(8-12(16)10(9)2)15-13(17)18-14(3,4)5/h9-12,16H,6-8H2,1-5H3,(H,15,17). The smallest absolute Gasteiger partial charge is 0.407 e. The summed E-state index contributed by atoms with van der Waals surface area (Å²) >= 11 is 0. The molecular formula is C14H27NO3. The Morgan fingerprint density at radius 1 is 1.28 bits per heavy atom. The van der Waals surface area contributed by atoms with Gasteiger partial charge in [0.1, 0.15) is 5.60 Å². The van der Waals surface area contributed by atoms with Crippen molar-refractivity contribution in [2.24, 2.45) is 11.8 Å². The summed E-state index contributed by atoms with van der Waals surface area (Å²) in [5, 5.41) is 12.9. The highest BCUT2D eigenvalue weighted by molar-refractivity contribution is 5.68. The first-order valence-corrected chi connectivity index (χ1v) is 6.86. The molecule has 4 atom stereocenters. The first kappa shape index (κ1) is 15.3. The van der Waals surface area contributed by atoms with Gasteiger partial charge in [-0.05, 0) is 51.9 Å². The Labute approximate surface area is 110 Å². The van der Waals surface area contributed by atoms with E-state index in [4.69, 9.17) is 4.74 Å². The fraction of sp³-hybridized carbons (Fsp3) is 0.929. The molecule has 18 heavy (non-hydrogen) atoms. The molecule has 0 aromatic heterocycles. The van der Waals surface area contributed by atoms with Gasteiger partial charge >= 0.3 is 6.09 Å². The Morgan fingerprint density at radius 2 is 1.89 bits per heavy atom. The van der Waals surface area contributed by atoms with Crippen LogP contribution in [0.2, 0.25) is 0 Å². The summed E-state index contributed by atoms with van der Waals surface area (Å²) < 4.78 is 5.24. The molecule has 0 spiro atoms. The Morgan fingerprint density at radius 3 is 2.44 bits per heavy atom. The van der Waals surface area contributed by atoms with Crippen LogP contribution in [0.3, 0.4) is 0 Å². The molecule has 0 aromatic rings. The monoisotopic (exact) mass is 257 g/mol. The van der Waals surface area contributed by atoms with Crippen molar-refractivity contribution in [3.05, 3.63) is 0 Å². The van der Waals surface area contributed by atoms with Crippen LogP contribution in [0.4, 0.5) is 4.79 Å². The number of hydrogen-bond acceptors (Lipinski definition) is 3. The molecular weight excluding hydrogens is 230 g/mol. The quantitative estimate of drug-likeness (QED) is 0.710. The predicted octanol–water partition coefficient (Wildman–Crippen LogP) is 2.70. The minimum atomic E-state index is -0.478. The molecule has 1 amide bonds. The first-order valence-electron chi connectivity index (χ1n) is 6.86. The Bertz CT molecular complexity index is 285. The SMILES string of the molecule is CC1CCC(NC(=O)OC(C)(C)C)CC(O)C1C. The number of carbonyl (C=O) groups is 1. The highest BCUT2D eigenvalue weighted by Gasteiger charge is 2.30. The molecule has 1 rings (SSSR count). The zero-order valence-electron chi connectivity index (χ0n) is 12.2. The van der Waals surface area contributed by atoms with Crippen molar-refractivity contribution in [3.8, 4) is 0 Å². The van der Waals surface area contributed by atoms with Crippen LogP contribution in [-0.2, 0) is 4.74 Å². The molecule has 1 aliphatic rings. The van der Waals surface area contributed by atoms with Gasteiger partial charge in [-0.2, -0.15) is 0 Å². The van der Waals surface area contributed by atoms with Gasteiger partial charge in [-0.1, -0.05) is 13.8 Å². The number of ether oxygens (including phenoxy) is 1. The number of aliphatic hydroxyl groups excluding tert-OH is 1. The Hall–Kier alpha value is -0.770. The molecule has 0 bridgehead atoms. The van der Waals surface area contributed by atoms with Crippen LogP contribution in [-0.4, -0.2) is 28.9 Å². The average molecular weight is 257 g/mol. The molecule has 4 unspecified atom stereocenters. The van der Waals surface area contributed by atoms with Gasteiger partial charge in [0, 0.05) is 6.04 Å². The fourth-order valence-electron chi connectivity index (χ4n) is 2.34. The summed E-state index contributed by atoms with van der Waals surface area (Å²) in [5.41, 5.74) is -0.478. The van der Waals surface area contributed by atoms with Gasteiger partial charge < -0.3 is 15.2 Å². The minimum Gasteiger partial charge on any atom is -0.444 e. The molecule has 0 heterocycles. The van der Waals surface area contributed by atoms with Gasteiger partial charge in [0.05, 0.1) is 6.10 Å². The number of carbonyl (C=O) groups excluding carboxylic acids is 1. The maximum absolute atomic E-state index is 11.7. The molecule has 4 heteroatoms. The van der Waals surface area contributed by atoms with E-state index in [-0.39, 0.29) is 24.2 Å². The summed E-state index contributed by atoms with van der Waals surface area (Å²) in [4.78, 5) is 11.7. The van der Waals surface area contributed by atoms with Crippen LogP contribution in [0, 0.1) is 11.8 Å². The van der Waals surface area contributed by atoms with E-state index in [9.17, 15) is 9.90 Å². The highest BCUT2D eigenvalue weighted by atomic mass is 16.6. The van der Waals surface area contributed by atoms with Gasteiger partial charge in [0.25, 0.3) is 0 Å². The topological polar surface area (TPSA) is 58.6 Å². The Kier molecular flexibility index (Phi) is 5.02. The number of nitrogens with one attached hydrogen (secondary N) is 1. The van der Waals surface area contributed by atoms with E-state index < -0.39 is 5.60 Å². The van der Waals surface area contributed by atoms with Crippen molar-refractivity contribution in [2.45, 2.75) is 71.6 Å². The van der Waals surface area contributed by atoms with E-state index in [1.807, 2.05) is 20.8 Å². The number of rotatable bonds is 1. The van der Waals surface area contributed by atoms with Crippen molar-refractivity contribution in [3.63, 3.8) is 0 Å². The van der Waals surface area contributed by atoms with Crippen molar-refractivity contribution >= 4 is 6.09 Å². The molecule has 4 nitrogen and oxygen atoms in total. The van der Waals surface area contributed by atoms with E-state index in [0.29, 0.717) is 12.3 Å². The lowest BCUT2D eigenvalue weighted by Crippen LogP contribution is -2.40. The molecule has 1 aliphatic carbocycles. The number of hydrogen-bond donors (Lipinski definition) is 2. The third-order valence-electron chi connectivity index (χ3n) is 3.72. The maximum Gasteiger partial charge on any atom is 0.407 e. The summed E-state index contributed by atoms with van der Waals surface area (Å²) in [6.45, 7) is 9.77. The highest BCUT2D eigenvalue weighted by Crippen LogP contribution is 2.28. The molecule has 0 aromatic carbocycles. The lowest BCUT2D eigenvalue weighted by atomic mass is 9.90. The van der Waals surface area contributed by atoms with Gasteiger partial charge in [-0.25, -0.2) is 4.79 Å². The lowest BCUT2D eigenvalue weighted by molar-refractivity contribution is 0.0467. The second kappa shape index (κ2) is 5.91. The molecule has 0 aliphatic heterocycles. The molecule has 1 fully saturated rings. The fourth-order valence-corrected chi connectivity index (χ4v) is 2.34.